The van der Waals surface area contributed by atoms with Crippen LogP contribution >= 0.6 is 0 Å². The van der Waals surface area contributed by atoms with Gasteiger partial charge in [0.15, 0.2) is 5.78 Å². The summed E-state index contributed by atoms with van der Waals surface area (Å²) in [5, 5.41) is 0. The first-order valence-corrected chi connectivity index (χ1v) is 8.77. The molecular weight excluding hydrogens is 294 g/mol. The molecule has 2 nitrogen and oxygen atoms in total. The summed E-state index contributed by atoms with van der Waals surface area (Å²) in [7, 11) is 2.15. The molecule has 0 N–H and O–H groups in total. The fourth-order valence-corrected chi connectivity index (χ4v) is 3.46. The number of ketones is 1. The molecule has 1 fully saturated rings. The Labute approximate surface area is 144 Å². The molecule has 0 radical (unpaired) electrons. The van der Waals surface area contributed by atoms with Crippen molar-refractivity contribution >= 4 is 11.9 Å². The van der Waals surface area contributed by atoms with Crippen LogP contribution in [0.3, 0.4) is 0 Å². The fourth-order valence-electron chi connectivity index (χ4n) is 3.46. The molecule has 0 aliphatic carbocycles. The highest BCUT2D eigenvalue weighted by atomic mass is 16.1. The number of benzene rings is 2. The van der Waals surface area contributed by atoms with Gasteiger partial charge in [-0.3, -0.25) is 9.69 Å². The van der Waals surface area contributed by atoms with Crippen LogP contribution in [0.2, 0.25) is 0 Å². The Bertz CT molecular complexity index is 678. The third-order valence-electron chi connectivity index (χ3n) is 4.96. The van der Waals surface area contributed by atoms with Crippen molar-refractivity contribution in [2.24, 2.45) is 0 Å². The summed E-state index contributed by atoms with van der Waals surface area (Å²) in [5.74, 6) is 0.250. The SMILES string of the molecule is CN1C(/C=C/c2ccccc2)CCCC1CC(=O)c1ccccc1. The van der Waals surface area contributed by atoms with Crippen molar-refractivity contribution in [3.63, 3.8) is 0 Å². The van der Waals surface area contributed by atoms with Gasteiger partial charge in [-0.05, 0) is 25.5 Å². The van der Waals surface area contributed by atoms with E-state index in [0.29, 0.717) is 18.5 Å². The van der Waals surface area contributed by atoms with Gasteiger partial charge in [-0.25, -0.2) is 0 Å². The molecule has 124 valence electrons. The van der Waals surface area contributed by atoms with Crippen molar-refractivity contribution in [1.29, 1.82) is 0 Å². The first-order chi connectivity index (χ1) is 11.7. The van der Waals surface area contributed by atoms with E-state index in [9.17, 15) is 4.79 Å². The van der Waals surface area contributed by atoms with E-state index < -0.39 is 0 Å². The molecule has 0 spiro atoms. The van der Waals surface area contributed by atoms with Crippen molar-refractivity contribution in [2.75, 3.05) is 7.05 Å². The quantitative estimate of drug-likeness (QED) is 0.736. The van der Waals surface area contributed by atoms with Gasteiger partial charge in [-0.1, -0.05) is 79.2 Å². The Balaban J connectivity index is 1.63. The molecule has 0 saturated carbocycles. The van der Waals surface area contributed by atoms with Gasteiger partial charge in [0.05, 0.1) is 0 Å². The molecule has 2 heteroatoms. The van der Waals surface area contributed by atoms with E-state index >= 15 is 0 Å². The lowest BCUT2D eigenvalue weighted by atomic mass is 9.91. The van der Waals surface area contributed by atoms with E-state index in [1.54, 1.807) is 0 Å². The number of nitrogens with zero attached hydrogens (tertiary/aromatic N) is 1. The fraction of sp³-hybridized carbons (Fsp3) is 0.318. The first kappa shape index (κ1) is 16.7. The molecule has 1 heterocycles. The standard InChI is InChI=1S/C22H25NO/c1-23-20(16-15-18-9-4-2-5-10-18)13-8-14-21(23)17-22(24)19-11-6-3-7-12-19/h2-7,9-12,15-16,20-21H,8,13-14,17H2,1H3/b16-15+. The third-order valence-corrected chi connectivity index (χ3v) is 4.96. The van der Waals surface area contributed by atoms with Crippen LogP contribution in [0.4, 0.5) is 0 Å². The Hall–Kier alpha value is -2.19. The van der Waals surface area contributed by atoms with Crippen molar-refractivity contribution in [1.82, 2.24) is 4.90 Å². The van der Waals surface area contributed by atoms with Gasteiger partial charge in [-0.2, -0.15) is 0 Å². The monoisotopic (exact) mass is 319 g/mol. The first-order valence-electron chi connectivity index (χ1n) is 8.77. The number of piperidine rings is 1. The second-order valence-corrected chi connectivity index (χ2v) is 6.58. The second kappa shape index (κ2) is 8.07. The second-order valence-electron chi connectivity index (χ2n) is 6.58. The molecule has 24 heavy (non-hydrogen) atoms. The van der Waals surface area contributed by atoms with Crippen LogP contribution < -0.4 is 0 Å². The van der Waals surface area contributed by atoms with Crippen LogP contribution in [-0.2, 0) is 0 Å². The molecule has 2 atom stereocenters. The summed E-state index contributed by atoms with van der Waals surface area (Å²) in [6.45, 7) is 0. The average molecular weight is 319 g/mol. The minimum atomic E-state index is 0.250. The minimum absolute atomic E-state index is 0.250. The molecule has 1 saturated heterocycles. The Morgan fingerprint density at radius 1 is 1.04 bits per heavy atom. The molecule has 1 aliphatic rings. The van der Waals surface area contributed by atoms with Crippen molar-refractivity contribution in [3.8, 4) is 0 Å². The maximum Gasteiger partial charge on any atom is 0.164 e. The number of carbonyl (C=O) groups excluding carboxylic acids is 1. The predicted octanol–water partition coefficient (Wildman–Crippen LogP) is 4.83. The highest BCUT2D eigenvalue weighted by Gasteiger charge is 2.27. The van der Waals surface area contributed by atoms with Crippen molar-refractivity contribution in [2.45, 2.75) is 37.8 Å². The number of hydrogen-bond acceptors (Lipinski definition) is 2. The Morgan fingerprint density at radius 2 is 1.71 bits per heavy atom. The largest absolute Gasteiger partial charge is 0.297 e. The predicted molar refractivity (Wildman–Crippen MR) is 100 cm³/mol. The third kappa shape index (κ3) is 4.21. The summed E-state index contributed by atoms with van der Waals surface area (Å²) >= 11 is 0. The van der Waals surface area contributed by atoms with Gasteiger partial charge < -0.3 is 0 Å². The van der Waals surface area contributed by atoms with Crippen molar-refractivity contribution < 1.29 is 4.79 Å². The molecule has 0 amide bonds. The van der Waals surface area contributed by atoms with Gasteiger partial charge in [0, 0.05) is 24.1 Å². The Kier molecular flexibility index (Phi) is 5.60. The normalized spacial score (nSPS) is 21.9. The molecule has 2 aromatic carbocycles. The topological polar surface area (TPSA) is 20.3 Å². The maximum atomic E-state index is 12.5. The van der Waals surface area contributed by atoms with Gasteiger partial charge >= 0.3 is 0 Å². The molecule has 3 rings (SSSR count). The van der Waals surface area contributed by atoms with Gasteiger partial charge in [0.2, 0.25) is 0 Å². The van der Waals surface area contributed by atoms with Crippen LogP contribution in [0.25, 0.3) is 6.08 Å². The van der Waals surface area contributed by atoms with Gasteiger partial charge in [0.1, 0.15) is 0 Å². The maximum absolute atomic E-state index is 12.5. The minimum Gasteiger partial charge on any atom is -0.297 e. The average Bonchev–Trinajstić information content (AvgIpc) is 2.64. The molecular formula is C22H25NO. The number of hydrogen-bond donors (Lipinski definition) is 0. The van der Waals surface area contributed by atoms with Crippen LogP contribution in [0.1, 0.15) is 41.6 Å². The van der Waals surface area contributed by atoms with E-state index in [-0.39, 0.29) is 5.78 Å². The van der Waals surface area contributed by atoms with E-state index in [4.69, 9.17) is 0 Å². The lowest BCUT2D eigenvalue weighted by Gasteiger charge is -2.38. The van der Waals surface area contributed by atoms with Crippen LogP contribution in [0.5, 0.6) is 0 Å². The van der Waals surface area contributed by atoms with E-state index in [1.165, 1.54) is 12.0 Å². The number of carbonyl (C=O) groups is 1. The molecule has 2 aromatic rings. The summed E-state index contributed by atoms with van der Waals surface area (Å²) in [5.41, 5.74) is 2.06. The molecule has 2 unspecified atom stereocenters. The van der Waals surface area contributed by atoms with Gasteiger partial charge in [-0.15, -0.1) is 0 Å². The Morgan fingerprint density at radius 3 is 2.42 bits per heavy atom. The summed E-state index contributed by atoms with van der Waals surface area (Å²) in [6, 6.07) is 20.8. The number of likely N-dealkylation sites (tertiary alicyclic amines) is 1. The van der Waals surface area contributed by atoms with Gasteiger partial charge in [0.25, 0.3) is 0 Å². The van der Waals surface area contributed by atoms with Crippen LogP contribution in [0, 0.1) is 0 Å². The lowest BCUT2D eigenvalue weighted by molar-refractivity contribution is 0.0863. The smallest absolute Gasteiger partial charge is 0.164 e. The van der Waals surface area contributed by atoms with Crippen molar-refractivity contribution in [3.05, 3.63) is 77.9 Å². The zero-order chi connectivity index (χ0) is 16.8. The zero-order valence-electron chi connectivity index (χ0n) is 14.3. The number of Topliss-reactive ketones (excluding diaryl/α,β-unsaturated/α-hetero) is 1. The van der Waals surface area contributed by atoms with Crippen LogP contribution in [0.15, 0.2) is 66.7 Å². The summed E-state index contributed by atoms with van der Waals surface area (Å²) in [4.78, 5) is 14.9. The van der Waals surface area contributed by atoms with E-state index in [1.807, 2.05) is 36.4 Å². The van der Waals surface area contributed by atoms with Crippen LogP contribution in [-0.4, -0.2) is 29.8 Å². The van der Waals surface area contributed by atoms with E-state index in [0.717, 1.165) is 18.4 Å². The number of rotatable bonds is 5. The highest BCUT2D eigenvalue weighted by Crippen LogP contribution is 2.26. The van der Waals surface area contributed by atoms with E-state index in [2.05, 4.69) is 48.4 Å². The summed E-state index contributed by atoms with van der Waals surface area (Å²) in [6.07, 6.45) is 8.54. The highest BCUT2D eigenvalue weighted by molar-refractivity contribution is 5.96. The lowest BCUT2D eigenvalue weighted by Crippen LogP contribution is -2.43. The zero-order valence-corrected chi connectivity index (χ0v) is 14.3. The number of likely N-dealkylation sites (N-methyl/N-ethyl adjacent to an activating group) is 1. The molecule has 0 bridgehead atoms. The molecule has 1 aliphatic heterocycles. The summed E-state index contributed by atoms with van der Waals surface area (Å²) < 4.78 is 0. The molecule has 0 aromatic heterocycles.